The molecule has 3 aromatic carbocycles. The van der Waals surface area contributed by atoms with E-state index in [0.29, 0.717) is 39.3 Å². The number of hydrogen-bond donors (Lipinski definition) is 1. The molecule has 0 atom stereocenters. The van der Waals surface area contributed by atoms with Gasteiger partial charge in [-0.3, -0.25) is 24.1 Å². The summed E-state index contributed by atoms with van der Waals surface area (Å²) in [5.41, 5.74) is 1.21. The van der Waals surface area contributed by atoms with Gasteiger partial charge in [-0.2, -0.15) is 0 Å². The Balaban J connectivity index is 1.29. The molecule has 3 amide bonds. The van der Waals surface area contributed by atoms with Crippen LogP contribution in [0.5, 0.6) is 17.2 Å². The summed E-state index contributed by atoms with van der Waals surface area (Å²) in [6.45, 7) is 2.89. The molecule has 12 heteroatoms. The minimum atomic E-state index is -1.41. The fraction of sp³-hybridized carbons (Fsp3) is 0.219. The number of carbonyl (C=O) groups is 4. The fourth-order valence-corrected chi connectivity index (χ4v) is 5.81. The number of fused-ring (bicyclic) bond motifs is 2. The summed E-state index contributed by atoms with van der Waals surface area (Å²) in [6, 6.07) is 19.0. The highest BCUT2D eigenvalue weighted by atomic mass is 32.1. The van der Waals surface area contributed by atoms with Crippen LogP contribution in [0.3, 0.4) is 0 Å². The van der Waals surface area contributed by atoms with E-state index < -0.39 is 35.6 Å². The highest BCUT2D eigenvalue weighted by Crippen LogP contribution is 2.35. The van der Waals surface area contributed by atoms with Crippen LogP contribution in [-0.2, 0) is 20.9 Å². The van der Waals surface area contributed by atoms with E-state index in [4.69, 9.17) is 19.2 Å². The molecule has 0 saturated carbocycles. The molecule has 224 valence electrons. The van der Waals surface area contributed by atoms with E-state index in [9.17, 15) is 19.2 Å². The van der Waals surface area contributed by atoms with Gasteiger partial charge >= 0.3 is 0 Å². The first-order valence-electron chi connectivity index (χ1n) is 13.7. The van der Waals surface area contributed by atoms with Crippen LogP contribution >= 0.6 is 11.3 Å². The van der Waals surface area contributed by atoms with Gasteiger partial charge in [-0.25, -0.2) is 4.98 Å². The molecular formula is C32H28N4O7S. The molecule has 0 saturated heterocycles. The van der Waals surface area contributed by atoms with Crippen molar-refractivity contribution in [1.29, 1.82) is 0 Å². The number of nitrogens with one attached hydrogen (secondary N) is 1. The number of Topliss-reactive ketones (excluding diaryl/α,β-unsaturated/α-hetero) is 1. The number of methoxy groups -OCH3 is 1. The van der Waals surface area contributed by atoms with Crippen LogP contribution in [0.1, 0.15) is 29.2 Å². The predicted octanol–water partition coefficient (Wildman–Crippen LogP) is 4.52. The quantitative estimate of drug-likeness (QED) is 0.274. The smallest absolute Gasteiger partial charge is 0.299 e. The van der Waals surface area contributed by atoms with Gasteiger partial charge in [-0.05, 0) is 62.4 Å². The molecule has 1 aromatic heterocycles. The number of thiazole rings is 1. The Labute approximate surface area is 257 Å². The third-order valence-corrected chi connectivity index (χ3v) is 8.40. The van der Waals surface area contributed by atoms with E-state index in [0.717, 1.165) is 10.5 Å². The van der Waals surface area contributed by atoms with Crippen LogP contribution in [0.15, 0.2) is 72.1 Å². The number of nitrogens with zero attached hydrogens (tertiary/aromatic N) is 3. The molecular weight excluding hydrogens is 584 g/mol. The van der Waals surface area contributed by atoms with Gasteiger partial charge in [0.1, 0.15) is 22.8 Å². The van der Waals surface area contributed by atoms with E-state index in [1.54, 1.807) is 63.4 Å². The van der Waals surface area contributed by atoms with Crippen molar-refractivity contribution in [3.05, 3.63) is 82.7 Å². The summed E-state index contributed by atoms with van der Waals surface area (Å²) in [5, 5.41) is 5.32. The molecule has 0 aliphatic carbocycles. The lowest BCUT2D eigenvalue weighted by Crippen LogP contribution is -2.57. The molecule has 0 spiro atoms. The lowest BCUT2D eigenvalue weighted by Gasteiger charge is -2.37. The molecule has 44 heavy (non-hydrogen) atoms. The number of hydrogen-bond acceptors (Lipinski definition) is 9. The van der Waals surface area contributed by atoms with Crippen LogP contribution in [0.25, 0.3) is 11.3 Å². The summed E-state index contributed by atoms with van der Waals surface area (Å²) >= 11 is 1.34. The van der Waals surface area contributed by atoms with Crippen molar-refractivity contribution in [2.75, 3.05) is 30.7 Å². The maximum atomic E-state index is 14.0. The molecule has 6 rings (SSSR count). The Morgan fingerprint density at radius 3 is 2.57 bits per heavy atom. The van der Waals surface area contributed by atoms with Crippen molar-refractivity contribution < 1.29 is 33.4 Å². The number of anilines is 2. The summed E-state index contributed by atoms with van der Waals surface area (Å²) < 4.78 is 16.0. The van der Waals surface area contributed by atoms with Gasteiger partial charge in [0.15, 0.2) is 11.5 Å². The van der Waals surface area contributed by atoms with Crippen molar-refractivity contribution in [3.63, 3.8) is 0 Å². The first-order valence-corrected chi connectivity index (χ1v) is 14.6. The average Bonchev–Trinajstić information content (AvgIpc) is 3.76. The molecule has 4 aromatic rings. The molecule has 0 radical (unpaired) electrons. The Morgan fingerprint density at radius 1 is 1.05 bits per heavy atom. The van der Waals surface area contributed by atoms with E-state index in [-0.39, 0.29) is 18.9 Å². The van der Waals surface area contributed by atoms with E-state index in [2.05, 4.69) is 5.32 Å². The van der Waals surface area contributed by atoms with Crippen molar-refractivity contribution in [2.45, 2.75) is 25.9 Å². The fourth-order valence-electron chi connectivity index (χ4n) is 5.02. The normalized spacial score (nSPS) is 13.6. The largest absolute Gasteiger partial charge is 0.497 e. The van der Waals surface area contributed by atoms with Crippen LogP contribution < -0.4 is 24.4 Å². The maximum absolute atomic E-state index is 14.0. The van der Waals surface area contributed by atoms with Crippen molar-refractivity contribution in [1.82, 2.24) is 9.88 Å². The number of aromatic nitrogens is 1. The third-order valence-electron chi connectivity index (χ3n) is 7.57. The van der Waals surface area contributed by atoms with E-state index >= 15 is 0 Å². The minimum Gasteiger partial charge on any atom is -0.497 e. The summed E-state index contributed by atoms with van der Waals surface area (Å²) in [7, 11) is 1.59. The lowest BCUT2D eigenvalue weighted by atomic mass is 10.0. The monoisotopic (exact) mass is 612 g/mol. The average molecular weight is 613 g/mol. The van der Waals surface area contributed by atoms with Gasteiger partial charge in [0.05, 0.1) is 30.6 Å². The number of amides is 3. The maximum Gasteiger partial charge on any atom is 0.299 e. The first-order chi connectivity index (χ1) is 21.2. The molecule has 2 aliphatic rings. The van der Waals surface area contributed by atoms with Crippen LogP contribution in [-0.4, -0.2) is 59.4 Å². The molecule has 3 heterocycles. The Morgan fingerprint density at radius 2 is 1.80 bits per heavy atom. The van der Waals surface area contributed by atoms with Gasteiger partial charge in [-0.1, -0.05) is 12.1 Å². The number of benzene rings is 3. The number of rotatable bonds is 9. The molecule has 11 nitrogen and oxygen atoms in total. The second kappa shape index (κ2) is 11.5. The van der Waals surface area contributed by atoms with Crippen LogP contribution in [0, 0.1) is 0 Å². The highest BCUT2D eigenvalue weighted by Gasteiger charge is 2.42. The summed E-state index contributed by atoms with van der Waals surface area (Å²) in [4.78, 5) is 60.6. The predicted molar refractivity (Wildman–Crippen MR) is 163 cm³/mol. The van der Waals surface area contributed by atoms with E-state index in [1.807, 2.05) is 29.6 Å². The van der Waals surface area contributed by atoms with Gasteiger partial charge < -0.3 is 24.4 Å². The number of ketones is 1. The Hall–Kier alpha value is -5.23. The Bertz CT molecular complexity index is 1780. The van der Waals surface area contributed by atoms with Crippen molar-refractivity contribution >= 4 is 46.2 Å². The van der Waals surface area contributed by atoms with E-state index in [1.165, 1.54) is 16.2 Å². The van der Waals surface area contributed by atoms with Gasteiger partial charge in [0, 0.05) is 22.7 Å². The summed E-state index contributed by atoms with van der Waals surface area (Å²) in [5.74, 6) is -0.690. The lowest BCUT2D eigenvalue weighted by molar-refractivity contribution is -0.143. The number of ether oxygens (including phenoxy) is 3. The SMILES string of the molecule is COc1ccc(-c2csc(CN(C(=O)CN3C(=O)C(=O)c4ccccc43)C(C)(C)C(=O)Nc3ccc4c(c3)OCO4)n2)cc1. The van der Waals surface area contributed by atoms with Crippen molar-refractivity contribution in [2.24, 2.45) is 0 Å². The molecule has 0 unspecified atom stereocenters. The standard InChI is InChI=1S/C32H28N4O7S/c1-32(2,31(40)33-20-10-13-25-26(14-20)43-18-42-25)36(15-27-34-23(17-44-27)19-8-11-21(41-3)12-9-19)28(37)16-35-24-7-5-4-6-22(24)29(38)30(35)39/h4-14,17H,15-16,18H2,1-3H3,(H,33,40). The van der Waals surface area contributed by atoms with Crippen LogP contribution in [0.4, 0.5) is 11.4 Å². The second-order valence-electron chi connectivity index (χ2n) is 10.7. The molecule has 0 bridgehead atoms. The van der Waals surface area contributed by atoms with Gasteiger partial charge in [-0.15, -0.1) is 11.3 Å². The Kier molecular flexibility index (Phi) is 7.52. The zero-order chi connectivity index (χ0) is 31.0. The topological polar surface area (TPSA) is 127 Å². The van der Waals surface area contributed by atoms with Gasteiger partial charge in [0.25, 0.3) is 11.7 Å². The number of para-hydroxylation sites is 1. The molecule has 1 N–H and O–H groups in total. The summed E-state index contributed by atoms with van der Waals surface area (Å²) in [6.07, 6.45) is 0. The zero-order valence-corrected chi connectivity index (χ0v) is 25.0. The molecule has 2 aliphatic heterocycles. The minimum absolute atomic E-state index is 0.0150. The second-order valence-corrected chi connectivity index (χ2v) is 11.6. The third kappa shape index (κ3) is 5.35. The van der Waals surface area contributed by atoms with Crippen LogP contribution in [0.2, 0.25) is 0 Å². The number of carbonyl (C=O) groups excluding carboxylic acids is 4. The first kappa shape index (κ1) is 28.9. The van der Waals surface area contributed by atoms with Crippen molar-refractivity contribution in [3.8, 4) is 28.5 Å². The zero-order valence-electron chi connectivity index (χ0n) is 24.2. The molecule has 0 fully saturated rings. The van der Waals surface area contributed by atoms with Gasteiger partial charge in [0.2, 0.25) is 18.6 Å². The highest BCUT2D eigenvalue weighted by molar-refractivity contribution is 7.09.